The van der Waals surface area contributed by atoms with Crippen LogP contribution in [0.3, 0.4) is 0 Å². The minimum absolute atomic E-state index is 0.0320. The minimum atomic E-state index is -4.02. The smallest absolute Gasteiger partial charge is 0.328 e. The summed E-state index contributed by atoms with van der Waals surface area (Å²) in [4.78, 5) is 0. The normalized spacial score (nSPS) is 20.8. The highest BCUT2D eigenvalue weighted by Gasteiger charge is 2.26. The fourth-order valence-corrected chi connectivity index (χ4v) is 2.36. The monoisotopic (exact) mass is 223 g/mol. The summed E-state index contributed by atoms with van der Waals surface area (Å²) in [6, 6.07) is -0.0320. The zero-order chi connectivity index (χ0) is 11.3. The molecule has 1 fully saturated rings. The van der Waals surface area contributed by atoms with Gasteiger partial charge in [0.2, 0.25) is 0 Å². The van der Waals surface area contributed by atoms with Crippen molar-refractivity contribution < 1.29 is 13.2 Å². The summed E-state index contributed by atoms with van der Waals surface area (Å²) in [5, 5.41) is 0. The molecule has 0 aliphatic heterocycles. The van der Waals surface area contributed by atoms with Gasteiger partial charge in [-0.2, -0.15) is 13.2 Å². The first-order valence-electron chi connectivity index (χ1n) is 5.80. The molecule has 1 rings (SSSR count). The summed E-state index contributed by atoms with van der Waals surface area (Å²) in [6.07, 6.45) is 1.85. The van der Waals surface area contributed by atoms with Crippen molar-refractivity contribution in [1.82, 2.24) is 0 Å². The predicted molar refractivity (Wildman–Crippen MR) is 54.5 cm³/mol. The number of hydrogen-bond acceptors (Lipinski definition) is 1. The molecule has 1 saturated carbocycles. The molecule has 0 aromatic rings. The molecule has 1 atom stereocenters. The van der Waals surface area contributed by atoms with E-state index in [-0.39, 0.29) is 12.5 Å². The summed E-state index contributed by atoms with van der Waals surface area (Å²) < 4.78 is 35.6. The van der Waals surface area contributed by atoms with Gasteiger partial charge in [0.05, 0.1) is 0 Å². The third-order valence-electron chi connectivity index (χ3n) is 3.15. The first kappa shape index (κ1) is 12.8. The van der Waals surface area contributed by atoms with Gasteiger partial charge in [0, 0.05) is 12.5 Å². The molecule has 0 amide bonds. The van der Waals surface area contributed by atoms with E-state index in [1.54, 1.807) is 0 Å². The van der Waals surface area contributed by atoms with Crippen LogP contribution in [-0.4, -0.2) is 12.2 Å². The summed E-state index contributed by atoms with van der Waals surface area (Å²) >= 11 is 0. The first-order valence-corrected chi connectivity index (χ1v) is 5.80. The van der Waals surface area contributed by atoms with Crippen molar-refractivity contribution in [2.75, 3.05) is 0 Å². The zero-order valence-electron chi connectivity index (χ0n) is 9.02. The Labute approximate surface area is 89.2 Å². The Morgan fingerprint density at radius 2 is 1.80 bits per heavy atom. The number of nitrogens with two attached hydrogens (primary N) is 1. The third-order valence-corrected chi connectivity index (χ3v) is 3.15. The van der Waals surface area contributed by atoms with E-state index in [2.05, 4.69) is 0 Å². The zero-order valence-corrected chi connectivity index (χ0v) is 9.02. The van der Waals surface area contributed by atoms with Crippen LogP contribution in [0.25, 0.3) is 0 Å². The van der Waals surface area contributed by atoms with Gasteiger partial charge < -0.3 is 5.73 Å². The van der Waals surface area contributed by atoms with Gasteiger partial charge >= 0.3 is 6.18 Å². The molecule has 0 radical (unpaired) electrons. The van der Waals surface area contributed by atoms with Crippen LogP contribution in [0.2, 0.25) is 0 Å². The molecule has 90 valence electrons. The molecule has 0 aromatic carbocycles. The molecule has 0 aromatic heterocycles. The lowest BCUT2D eigenvalue weighted by Gasteiger charge is -2.16. The lowest BCUT2D eigenvalue weighted by atomic mass is 9.96. The van der Waals surface area contributed by atoms with E-state index in [0.29, 0.717) is 12.3 Å². The Balaban J connectivity index is 2.05. The maximum atomic E-state index is 11.9. The fourth-order valence-electron chi connectivity index (χ4n) is 2.36. The highest BCUT2D eigenvalue weighted by Crippen LogP contribution is 2.29. The highest BCUT2D eigenvalue weighted by molar-refractivity contribution is 4.73. The van der Waals surface area contributed by atoms with Crippen molar-refractivity contribution in [2.24, 2.45) is 11.7 Å². The van der Waals surface area contributed by atoms with Crippen molar-refractivity contribution in [3.63, 3.8) is 0 Å². The van der Waals surface area contributed by atoms with Gasteiger partial charge in [-0.15, -0.1) is 0 Å². The van der Waals surface area contributed by atoms with Crippen LogP contribution >= 0.6 is 0 Å². The number of halogens is 3. The predicted octanol–water partition coefficient (Wildman–Crippen LogP) is 3.63. The van der Waals surface area contributed by atoms with Crippen molar-refractivity contribution in [3.8, 4) is 0 Å². The molecule has 2 N–H and O–H groups in total. The van der Waals surface area contributed by atoms with E-state index in [1.807, 2.05) is 0 Å². The molecule has 1 unspecified atom stereocenters. The van der Waals surface area contributed by atoms with E-state index < -0.39 is 12.6 Å². The fraction of sp³-hybridized carbons (Fsp3) is 1.00. The maximum Gasteiger partial charge on any atom is 0.389 e. The standard InChI is InChI=1S/C11H20F3N/c12-11(13,14)7-3-6-10(15)8-9-4-1-2-5-9/h9-10H,1-8,15H2. The van der Waals surface area contributed by atoms with Crippen LogP contribution in [0.1, 0.15) is 51.4 Å². The quantitative estimate of drug-likeness (QED) is 0.756. The van der Waals surface area contributed by atoms with Gasteiger partial charge in [-0.3, -0.25) is 0 Å². The molecule has 0 heterocycles. The van der Waals surface area contributed by atoms with Crippen molar-refractivity contribution >= 4 is 0 Å². The van der Waals surface area contributed by atoms with E-state index in [1.165, 1.54) is 25.7 Å². The number of alkyl halides is 3. The minimum Gasteiger partial charge on any atom is -0.328 e. The Bertz CT molecular complexity index is 173. The summed E-state index contributed by atoms with van der Waals surface area (Å²) in [5.41, 5.74) is 5.82. The SMILES string of the molecule is NC(CCCC(F)(F)F)CC1CCCC1. The molecule has 1 aliphatic carbocycles. The molecular weight excluding hydrogens is 203 g/mol. The van der Waals surface area contributed by atoms with Crippen LogP contribution in [0, 0.1) is 5.92 Å². The van der Waals surface area contributed by atoms with Gasteiger partial charge in [0.1, 0.15) is 0 Å². The van der Waals surface area contributed by atoms with Crippen LogP contribution in [0.15, 0.2) is 0 Å². The van der Waals surface area contributed by atoms with E-state index in [9.17, 15) is 13.2 Å². The second-order valence-corrected chi connectivity index (χ2v) is 4.65. The number of rotatable bonds is 5. The molecule has 0 spiro atoms. The van der Waals surface area contributed by atoms with Gasteiger partial charge in [0.25, 0.3) is 0 Å². The lowest BCUT2D eigenvalue weighted by molar-refractivity contribution is -0.135. The molecule has 1 aliphatic rings. The summed E-state index contributed by atoms with van der Waals surface area (Å²) in [5.74, 6) is 0.672. The average molecular weight is 223 g/mol. The summed E-state index contributed by atoms with van der Waals surface area (Å²) in [6.45, 7) is 0. The van der Waals surface area contributed by atoms with Crippen LogP contribution in [-0.2, 0) is 0 Å². The van der Waals surface area contributed by atoms with Crippen molar-refractivity contribution in [3.05, 3.63) is 0 Å². The molecule has 0 saturated heterocycles. The van der Waals surface area contributed by atoms with E-state index >= 15 is 0 Å². The molecule has 4 heteroatoms. The lowest BCUT2D eigenvalue weighted by Crippen LogP contribution is -2.23. The Morgan fingerprint density at radius 1 is 1.20 bits per heavy atom. The second-order valence-electron chi connectivity index (χ2n) is 4.65. The third kappa shape index (κ3) is 6.03. The van der Waals surface area contributed by atoms with E-state index in [0.717, 1.165) is 6.42 Å². The van der Waals surface area contributed by atoms with Crippen LogP contribution in [0.5, 0.6) is 0 Å². The Morgan fingerprint density at radius 3 is 2.33 bits per heavy atom. The second kappa shape index (κ2) is 5.73. The molecule has 15 heavy (non-hydrogen) atoms. The molecule has 1 nitrogen and oxygen atoms in total. The largest absolute Gasteiger partial charge is 0.389 e. The van der Waals surface area contributed by atoms with Crippen LogP contribution in [0.4, 0.5) is 13.2 Å². The first-order chi connectivity index (χ1) is 6.97. The highest BCUT2D eigenvalue weighted by atomic mass is 19.4. The van der Waals surface area contributed by atoms with E-state index in [4.69, 9.17) is 5.73 Å². The van der Waals surface area contributed by atoms with Gasteiger partial charge in [-0.1, -0.05) is 25.7 Å². The maximum absolute atomic E-state index is 11.9. The Kier molecular flexibility index (Phi) is 4.90. The van der Waals surface area contributed by atoms with Crippen LogP contribution < -0.4 is 5.73 Å². The molecular formula is C11H20F3N. The topological polar surface area (TPSA) is 26.0 Å². The average Bonchev–Trinajstić information content (AvgIpc) is 2.54. The van der Waals surface area contributed by atoms with Gasteiger partial charge in [-0.25, -0.2) is 0 Å². The van der Waals surface area contributed by atoms with Crippen molar-refractivity contribution in [1.29, 1.82) is 0 Å². The number of hydrogen-bond donors (Lipinski definition) is 1. The Hall–Kier alpha value is -0.250. The molecule has 0 bridgehead atoms. The summed E-state index contributed by atoms with van der Waals surface area (Å²) in [7, 11) is 0. The van der Waals surface area contributed by atoms with Gasteiger partial charge in [-0.05, 0) is 25.2 Å². The van der Waals surface area contributed by atoms with Crippen molar-refractivity contribution in [2.45, 2.75) is 63.6 Å². The van der Waals surface area contributed by atoms with Gasteiger partial charge in [0.15, 0.2) is 0 Å².